The van der Waals surface area contributed by atoms with Gasteiger partial charge in [-0.3, -0.25) is 0 Å². The van der Waals surface area contributed by atoms with Gasteiger partial charge < -0.3 is 0 Å². The van der Waals surface area contributed by atoms with Gasteiger partial charge in [-0.05, 0) is 36.6 Å². The standard InChI is InChI=1S/C10H9FN/c1-2-3-9-6-8(7-12)4-5-10(9)11/h4-6H,1-3H2. The zero-order valence-electron chi connectivity index (χ0n) is 6.68. The van der Waals surface area contributed by atoms with Crippen LogP contribution in [-0.2, 0) is 6.42 Å². The maximum absolute atomic E-state index is 13.0. The number of hydrogen-bond acceptors (Lipinski definition) is 1. The van der Waals surface area contributed by atoms with Gasteiger partial charge in [0.05, 0.1) is 11.6 Å². The first kappa shape index (κ1) is 8.73. The summed E-state index contributed by atoms with van der Waals surface area (Å²) < 4.78 is 13.0. The van der Waals surface area contributed by atoms with Crippen LogP contribution < -0.4 is 0 Å². The molecule has 0 fully saturated rings. The van der Waals surface area contributed by atoms with Crippen LogP contribution in [0.2, 0.25) is 0 Å². The molecule has 0 spiro atoms. The van der Waals surface area contributed by atoms with Gasteiger partial charge in [0.1, 0.15) is 5.82 Å². The van der Waals surface area contributed by atoms with Crippen molar-refractivity contribution in [3.8, 4) is 6.07 Å². The lowest BCUT2D eigenvalue weighted by molar-refractivity contribution is 0.609. The number of hydrogen-bond donors (Lipinski definition) is 0. The van der Waals surface area contributed by atoms with Gasteiger partial charge in [0.25, 0.3) is 0 Å². The van der Waals surface area contributed by atoms with Crippen molar-refractivity contribution in [3.63, 3.8) is 0 Å². The fourth-order valence-electron chi connectivity index (χ4n) is 1.03. The molecule has 0 aliphatic heterocycles. The zero-order valence-corrected chi connectivity index (χ0v) is 6.68. The molecule has 2 heteroatoms. The van der Waals surface area contributed by atoms with Gasteiger partial charge in [-0.15, -0.1) is 0 Å². The van der Waals surface area contributed by atoms with Gasteiger partial charge in [-0.2, -0.15) is 5.26 Å². The van der Waals surface area contributed by atoms with Gasteiger partial charge >= 0.3 is 0 Å². The van der Waals surface area contributed by atoms with Crippen LogP contribution in [0, 0.1) is 24.1 Å². The molecule has 1 rings (SSSR count). The van der Waals surface area contributed by atoms with Crippen molar-refractivity contribution in [3.05, 3.63) is 42.1 Å². The summed E-state index contributed by atoms with van der Waals surface area (Å²) in [6.07, 6.45) is 1.23. The summed E-state index contributed by atoms with van der Waals surface area (Å²) in [5.74, 6) is -0.252. The normalized spacial score (nSPS) is 9.42. The van der Waals surface area contributed by atoms with Crippen molar-refractivity contribution in [2.75, 3.05) is 0 Å². The van der Waals surface area contributed by atoms with Gasteiger partial charge in [-0.1, -0.05) is 6.92 Å². The molecule has 61 valence electrons. The number of nitrogens with zero attached hydrogens (tertiary/aromatic N) is 1. The zero-order chi connectivity index (χ0) is 8.97. The first-order valence-electron chi connectivity index (χ1n) is 3.75. The molecule has 0 amide bonds. The Bertz CT molecular complexity index is 312. The molecule has 1 nitrogen and oxygen atoms in total. The third-order valence-corrected chi connectivity index (χ3v) is 1.62. The van der Waals surface area contributed by atoms with Crippen molar-refractivity contribution in [1.29, 1.82) is 5.26 Å². The third-order valence-electron chi connectivity index (χ3n) is 1.62. The molecule has 0 aliphatic rings. The molecule has 0 saturated heterocycles. The van der Waals surface area contributed by atoms with Crippen LogP contribution in [0.15, 0.2) is 18.2 Å². The van der Waals surface area contributed by atoms with E-state index < -0.39 is 0 Å². The van der Waals surface area contributed by atoms with Gasteiger partial charge in [0.15, 0.2) is 0 Å². The Morgan fingerprint density at radius 3 is 2.83 bits per heavy atom. The van der Waals surface area contributed by atoms with Crippen LogP contribution in [0.25, 0.3) is 0 Å². The van der Waals surface area contributed by atoms with Crippen LogP contribution in [-0.4, -0.2) is 0 Å². The molecule has 0 aromatic heterocycles. The fourth-order valence-corrected chi connectivity index (χ4v) is 1.03. The molecule has 12 heavy (non-hydrogen) atoms. The third kappa shape index (κ3) is 1.82. The molecule has 1 aromatic carbocycles. The predicted octanol–water partition coefficient (Wildman–Crippen LogP) is 2.46. The smallest absolute Gasteiger partial charge is 0.126 e. The Balaban J connectivity index is 3.01. The summed E-state index contributed by atoms with van der Waals surface area (Å²) in [7, 11) is 0. The van der Waals surface area contributed by atoms with Crippen molar-refractivity contribution in [2.24, 2.45) is 0 Å². The highest BCUT2D eigenvalue weighted by Crippen LogP contribution is 2.11. The molecular formula is C10H9FN. The minimum atomic E-state index is -0.252. The quantitative estimate of drug-likeness (QED) is 0.655. The highest BCUT2D eigenvalue weighted by Gasteiger charge is 2.01. The van der Waals surface area contributed by atoms with Gasteiger partial charge in [0.2, 0.25) is 0 Å². The van der Waals surface area contributed by atoms with E-state index in [-0.39, 0.29) is 5.82 Å². The second kappa shape index (κ2) is 3.87. The highest BCUT2D eigenvalue weighted by atomic mass is 19.1. The summed E-state index contributed by atoms with van der Waals surface area (Å²) in [6, 6.07) is 6.33. The summed E-state index contributed by atoms with van der Waals surface area (Å²) >= 11 is 0. The Morgan fingerprint density at radius 1 is 1.50 bits per heavy atom. The molecule has 0 N–H and O–H groups in total. The largest absolute Gasteiger partial charge is 0.207 e. The molecule has 0 unspecified atom stereocenters. The second-order valence-corrected chi connectivity index (χ2v) is 2.52. The number of nitriles is 1. The van der Waals surface area contributed by atoms with E-state index in [1.165, 1.54) is 12.1 Å². The van der Waals surface area contributed by atoms with Crippen LogP contribution >= 0.6 is 0 Å². The van der Waals surface area contributed by atoms with Gasteiger partial charge in [0, 0.05) is 0 Å². The lowest BCUT2D eigenvalue weighted by Gasteiger charge is -2.00. The van der Waals surface area contributed by atoms with E-state index in [9.17, 15) is 4.39 Å². The summed E-state index contributed by atoms with van der Waals surface area (Å²) in [6.45, 7) is 3.63. The number of aryl methyl sites for hydroxylation is 1. The minimum Gasteiger partial charge on any atom is -0.207 e. The Labute approximate surface area is 71.4 Å². The Hall–Kier alpha value is -1.36. The van der Waals surface area contributed by atoms with E-state index in [2.05, 4.69) is 6.92 Å². The van der Waals surface area contributed by atoms with Crippen molar-refractivity contribution < 1.29 is 4.39 Å². The van der Waals surface area contributed by atoms with E-state index in [1.807, 2.05) is 6.07 Å². The minimum absolute atomic E-state index is 0.252. The van der Waals surface area contributed by atoms with Crippen molar-refractivity contribution in [1.82, 2.24) is 0 Å². The van der Waals surface area contributed by atoms with Crippen LogP contribution in [0.4, 0.5) is 4.39 Å². The molecule has 0 atom stereocenters. The lowest BCUT2D eigenvalue weighted by atomic mass is 10.1. The van der Waals surface area contributed by atoms with E-state index in [0.29, 0.717) is 24.0 Å². The second-order valence-electron chi connectivity index (χ2n) is 2.52. The lowest BCUT2D eigenvalue weighted by Crippen LogP contribution is -1.90. The SMILES string of the molecule is [CH2]CCc1cc(C#N)ccc1F. The summed E-state index contributed by atoms with van der Waals surface area (Å²) in [4.78, 5) is 0. The summed E-state index contributed by atoms with van der Waals surface area (Å²) in [5, 5.41) is 8.53. The van der Waals surface area contributed by atoms with Crippen molar-refractivity contribution in [2.45, 2.75) is 12.8 Å². The molecule has 0 aliphatic carbocycles. The predicted molar refractivity (Wildman–Crippen MR) is 44.8 cm³/mol. The van der Waals surface area contributed by atoms with E-state index >= 15 is 0 Å². The number of benzene rings is 1. The molecule has 1 radical (unpaired) electrons. The van der Waals surface area contributed by atoms with E-state index in [1.54, 1.807) is 6.07 Å². The van der Waals surface area contributed by atoms with Crippen LogP contribution in [0.1, 0.15) is 17.5 Å². The molecule has 0 bridgehead atoms. The number of halogens is 1. The molecule has 0 heterocycles. The fraction of sp³-hybridized carbons (Fsp3) is 0.200. The first-order valence-corrected chi connectivity index (χ1v) is 3.75. The Kier molecular flexibility index (Phi) is 2.82. The number of rotatable bonds is 2. The monoisotopic (exact) mass is 162 g/mol. The van der Waals surface area contributed by atoms with E-state index in [4.69, 9.17) is 5.26 Å². The Morgan fingerprint density at radius 2 is 2.25 bits per heavy atom. The summed E-state index contributed by atoms with van der Waals surface area (Å²) in [5.41, 5.74) is 1.07. The van der Waals surface area contributed by atoms with Crippen LogP contribution in [0.3, 0.4) is 0 Å². The van der Waals surface area contributed by atoms with Crippen LogP contribution in [0.5, 0.6) is 0 Å². The maximum atomic E-state index is 13.0. The molecule has 1 aromatic rings. The molecule has 0 saturated carbocycles. The molecular weight excluding hydrogens is 153 g/mol. The average molecular weight is 162 g/mol. The topological polar surface area (TPSA) is 23.8 Å². The van der Waals surface area contributed by atoms with Crippen molar-refractivity contribution >= 4 is 0 Å². The van der Waals surface area contributed by atoms with Gasteiger partial charge in [-0.25, -0.2) is 4.39 Å². The highest BCUT2D eigenvalue weighted by molar-refractivity contribution is 5.33. The van der Waals surface area contributed by atoms with E-state index in [0.717, 1.165) is 0 Å². The average Bonchev–Trinajstić information content (AvgIpc) is 2.09. The first-order chi connectivity index (χ1) is 5.77. The maximum Gasteiger partial charge on any atom is 0.126 e.